The van der Waals surface area contributed by atoms with Gasteiger partial charge < -0.3 is 25.8 Å². The highest BCUT2D eigenvalue weighted by molar-refractivity contribution is 6.10. The van der Waals surface area contributed by atoms with Gasteiger partial charge in [0.05, 0.1) is 25.6 Å². The van der Waals surface area contributed by atoms with Crippen molar-refractivity contribution < 1.29 is 23.9 Å². The molecule has 30 heavy (non-hydrogen) atoms. The van der Waals surface area contributed by atoms with Crippen molar-refractivity contribution in [3.8, 4) is 11.5 Å². The van der Waals surface area contributed by atoms with E-state index < -0.39 is 29.9 Å². The summed E-state index contributed by atoms with van der Waals surface area (Å²) in [6.07, 6.45) is 0. The number of benzene rings is 2. The molecule has 0 saturated carbocycles. The Morgan fingerprint density at radius 1 is 1.10 bits per heavy atom. The van der Waals surface area contributed by atoms with Gasteiger partial charge in [-0.25, -0.2) is 4.79 Å². The average Bonchev–Trinajstić information content (AvgIpc) is 2.93. The summed E-state index contributed by atoms with van der Waals surface area (Å²) in [5.41, 5.74) is 5.82. The molecular formula is C20H23ClN4O5. The van der Waals surface area contributed by atoms with Crippen molar-refractivity contribution in [3.05, 3.63) is 48.0 Å². The van der Waals surface area contributed by atoms with Gasteiger partial charge in [0.2, 0.25) is 5.91 Å². The molecule has 1 aliphatic rings. The quantitative estimate of drug-likeness (QED) is 0.472. The van der Waals surface area contributed by atoms with Crippen LogP contribution in [0, 0.1) is 0 Å². The van der Waals surface area contributed by atoms with Gasteiger partial charge in [-0.15, -0.1) is 12.4 Å². The average molecular weight is 435 g/mol. The van der Waals surface area contributed by atoms with Gasteiger partial charge in [-0.2, -0.15) is 0 Å². The van der Waals surface area contributed by atoms with Crippen LogP contribution in [0.15, 0.2) is 42.5 Å². The van der Waals surface area contributed by atoms with Crippen LogP contribution in [0.1, 0.15) is 12.5 Å². The molecule has 1 unspecified atom stereocenters. The Balaban J connectivity index is 0.00000320. The Hall–Kier alpha value is -3.46. The molecule has 1 atom stereocenters. The van der Waals surface area contributed by atoms with Crippen molar-refractivity contribution in [2.75, 3.05) is 31.8 Å². The number of rotatable bonds is 6. The van der Waals surface area contributed by atoms with Crippen LogP contribution in [-0.4, -0.2) is 43.5 Å². The standard InChI is InChI=1S/C20H22N4O5.ClH/c1-20(12-4-6-13(28-2)7-5-12)18(26)24(19(27)23-20)11-17(25)22-16-10-14(29-3)8-9-15(16)21;/h4-10H,11,21H2,1-3H3,(H,22,25)(H,23,27);1H. The van der Waals surface area contributed by atoms with E-state index in [9.17, 15) is 14.4 Å². The highest BCUT2D eigenvalue weighted by Crippen LogP contribution is 2.30. The largest absolute Gasteiger partial charge is 0.497 e. The van der Waals surface area contributed by atoms with Crippen LogP contribution in [0.3, 0.4) is 0 Å². The molecule has 0 spiro atoms. The Morgan fingerprint density at radius 2 is 1.70 bits per heavy atom. The molecule has 2 aromatic carbocycles. The number of carbonyl (C=O) groups is 3. The lowest BCUT2D eigenvalue weighted by molar-refractivity contribution is -0.133. The molecule has 0 bridgehead atoms. The third kappa shape index (κ3) is 4.25. The number of anilines is 2. The number of nitrogens with one attached hydrogen (secondary N) is 2. The van der Waals surface area contributed by atoms with E-state index in [1.54, 1.807) is 49.4 Å². The first-order chi connectivity index (χ1) is 13.8. The molecule has 4 amide bonds. The van der Waals surface area contributed by atoms with Crippen LogP contribution >= 0.6 is 12.4 Å². The summed E-state index contributed by atoms with van der Waals surface area (Å²) in [5, 5.41) is 5.26. The van der Waals surface area contributed by atoms with Crippen LogP contribution in [-0.2, 0) is 15.1 Å². The monoisotopic (exact) mass is 434 g/mol. The molecule has 0 radical (unpaired) electrons. The van der Waals surface area contributed by atoms with Crippen molar-refractivity contribution in [1.29, 1.82) is 0 Å². The number of carbonyl (C=O) groups excluding carboxylic acids is 3. The maximum atomic E-state index is 12.9. The van der Waals surface area contributed by atoms with E-state index in [2.05, 4.69) is 10.6 Å². The number of nitrogens with zero attached hydrogens (tertiary/aromatic N) is 1. The van der Waals surface area contributed by atoms with Gasteiger partial charge in [-0.1, -0.05) is 12.1 Å². The second-order valence-electron chi connectivity index (χ2n) is 6.68. The maximum absolute atomic E-state index is 12.9. The van der Waals surface area contributed by atoms with Gasteiger partial charge in [0.15, 0.2) is 0 Å². The Bertz CT molecular complexity index is 966. The predicted octanol–water partition coefficient (Wildman–Crippen LogP) is 2.11. The summed E-state index contributed by atoms with van der Waals surface area (Å²) >= 11 is 0. The number of urea groups is 1. The molecule has 3 rings (SSSR count). The van der Waals surface area contributed by atoms with E-state index in [0.717, 1.165) is 4.90 Å². The van der Waals surface area contributed by atoms with E-state index in [1.807, 2.05) is 0 Å². The molecule has 1 saturated heterocycles. The fraction of sp³-hybridized carbons (Fsp3) is 0.250. The number of nitrogen functional groups attached to an aromatic ring is 1. The van der Waals surface area contributed by atoms with Gasteiger partial charge in [0.1, 0.15) is 23.6 Å². The highest BCUT2D eigenvalue weighted by Gasteiger charge is 2.49. The van der Waals surface area contributed by atoms with Gasteiger partial charge in [0.25, 0.3) is 5.91 Å². The van der Waals surface area contributed by atoms with Crippen LogP contribution < -0.4 is 25.8 Å². The Labute approximate surface area is 179 Å². The number of hydrogen-bond acceptors (Lipinski definition) is 6. The summed E-state index contributed by atoms with van der Waals surface area (Å²) in [6, 6.07) is 10.9. The summed E-state index contributed by atoms with van der Waals surface area (Å²) in [5.74, 6) is 0.0478. The molecular weight excluding hydrogens is 412 g/mol. The summed E-state index contributed by atoms with van der Waals surface area (Å²) < 4.78 is 10.2. The van der Waals surface area contributed by atoms with E-state index in [0.29, 0.717) is 28.4 Å². The van der Waals surface area contributed by atoms with Gasteiger partial charge >= 0.3 is 6.03 Å². The van der Waals surface area contributed by atoms with Gasteiger partial charge in [-0.05, 0) is 36.8 Å². The van der Waals surface area contributed by atoms with E-state index in [4.69, 9.17) is 15.2 Å². The molecule has 0 aliphatic carbocycles. The number of nitrogens with two attached hydrogens (primary N) is 1. The second-order valence-corrected chi connectivity index (χ2v) is 6.68. The fourth-order valence-electron chi connectivity index (χ4n) is 3.06. The summed E-state index contributed by atoms with van der Waals surface area (Å²) in [6.45, 7) is 1.14. The summed E-state index contributed by atoms with van der Waals surface area (Å²) in [4.78, 5) is 38.6. The Morgan fingerprint density at radius 3 is 2.30 bits per heavy atom. The van der Waals surface area contributed by atoms with Crippen molar-refractivity contribution in [1.82, 2.24) is 10.2 Å². The lowest BCUT2D eigenvalue weighted by Gasteiger charge is -2.22. The van der Waals surface area contributed by atoms with Crippen LogP contribution in [0.5, 0.6) is 11.5 Å². The predicted molar refractivity (Wildman–Crippen MR) is 114 cm³/mol. The minimum absolute atomic E-state index is 0. The molecule has 0 aromatic heterocycles. The minimum atomic E-state index is -1.28. The first-order valence-electron chi connectivity index (χ1n) is 8.80. The van der Waals surface area contributed by atoms with Crippen molar-refractivity contribution >= 4 is 41.6 Å². The SMILES string of the molecule is COc1ccc(C2(C)NC(=O)N(CC(=O)Nc3cc(OC)ccc3N)C2=O)cc1.Cl. The van der Waals surface area contributed by atoms with Gasteiger partial charge in [-0.3, -0.25) is 14.5 Å². The smallest absolute Gasteiger partial charge is 0.325 e. The van der Waals surface area contributed by atoms with Crippen molar-refractivity contribution in [2.45, 2.75) is 12.5 Å². The molecule has 4 N–H and O–H groups in total. The highest BCUT2D eigenvalue weighted by atomic mass is 35.5. The molecule has 1 fully saturated rings. The summed E-state index contributed by atoms with van der Waals surface area (Å²) in [7, 11) is 3.03. The number of halogens is 1. The first-order valence-corrected chi connectivity index (χ1v) is 8.80. The molecule has 10 heteroatoms. The zero-order chi connectivity index (χ0) is 21.2. The topological polar surface area (TPSA) is 123 Å². The van der Waals surface area contributed by atoms with E-state index in [-0.39, 0.29) is 12.4 Å². The number of hydrogen-bond donors (Lipinski definition) is 3. The molecule has 1 aliphatic heterocycles. The third-order valence-corrected chi connectivity index (χ3v) is 4.78. The fourth-order valence-corrected chi connectivity index (χ4v) is 3.06. The molecule has 2 aromatic rings. The van der Waals surface area contributed by atoms with E-state index in [1.165, 1.54) is 14.2 Å². The van der Waals surface area contributed by atoms with Crippen LogP contribution in [0.25, 0.3) is 0 Å². The third-order valence-electron chi connectivity index (χ3n) is 4.78. The normalized spacial score (nSPS) is 17.8. The number of ether oxygens (including phenoxy) is 2. The Kier molecular flexibility index (Phi) is 6.78. The van der Waals surface area contributed by atoms with E-state index >= 15 is 0 Å². The number of imide groups is 1. The number of methoxy groups -OCH3 is 2. The second kappa shape index (κ2) is 8.91. The minimum Gasteiger partial charge on any atom is -0.497 e. The molecule has 1 heterocycles. The lowest BCUT2D eigenvalue weighted by atomic mass is 9.92. The van der Waals surface area contributed by atoms with Gasteiger partial charge in [0, 0.05) is 6.07 Å². The van der Waals surface area contributed by atoms with Crippen LogP contribution in [0.4, 0.5) is 16.2 Å². The molecule has 9 nitrogen and oxygen atoms in total. The first kappa shape index (κ1) is 22.8. The lowest BCUT2D eigenvalue weighted by Crippen LogP contribution is -2.42. The van der Waals surface area contributed by atoms with Crippen LogP contribution in [0.2, 0.25) is 0 Å². The van der Waals surface area contributed by atoms with Crippen molar-refractivity contribution in [3.63, 3.8) is 0 Å². The van der Waals surface area contributed by atoms with Crippen molar-refractivity contribution in [2.24, 2.45) is 0 Å². The molecule has 160 valence electrons. The maximum Gasteiger partial charge on any atom is 0.325 e. The number of amides is 4. The zero-order valence-electron chi connectivity index (χ0n) is 16.7. The zero-order valence-corrected chi connectivity index (χ0v) is 17.5.